The minimum absolute atomic E-state index is 0.0564. The first kappa shape index (κ1) is 16.5. The van der Waals surface area contributed by atoms with Crippen LogP contribution in [0.3, 0.4) is 0 Å². The molecule has 1 aromatic carbocycles. The van der Waals surface area contributed by atoms with Crippen LogP contribution >= 0.6 is 11.8 Å². The van der Waals surface area contributed by atoms with Crippen LogP contribution in [0.5, 0.6) is 0 Å². The first-order valence-electron chi connectivity index (χ1n) is 6.77. The number of carbonyl (C=O) groups excluding carboxylic acids is 1. The van der Waals surface area contributed by atoms with Gasteiger partial charge in [-0.3, -0.25) is 4.79 Å². The number of hydrogen-bond donors (Lipinski definition) is 1. The van der Waals surface area contributed by atoms with Crippen molar-refractivity contribution in [3.8, 4) is 0 Å². The maximum absolute atomic E-state index is 13.0. The molecule has 1 fully saturated rings. The highest BCUT2D eigenvalue weighted by Gasteiger charge is 2.39. The maximum atomic E-state index is 13.0. The van der Waals surface area contributed by atoms with Crippen LogP contribution in [0.1, 0.15) is 19.8 Å². The Balaban J connectivity index is 2.16. The Morgan fingerprint density at radius 3 is 2.71 bits per heavy atom. The Bertz CT molecular complexity index is 524. The van der Waals surface area contributed by atoms with Crippen LogP contribution in [0.25, 0.3) is 0 Å². The minimum atomic E-state index is -1.45. The number of hydrogen-bond acceptors (Lipinski definition) is 3. The Hall–Kier alpha value is -0.920. The molecule has 1 amide bonds. The molecule has 1 N–H and O–H groups in total. The van der Waals surface area contributed by atoms with Crippen molar-refractivity contribution in [2.75, 3.05) is 12.1 Å². The lowest BCUT2D eigenvalue weighted by atomic mass is 10.2. The summed E-state index contributed by atoms with van der Waals surface area (Å²) < 4.78 is 27.4. The van der Waals surface area contributed by atoms with E-state index in [0.717, 1.165) is 6.42 Å². The quantitative estimate of drug-likeness (QED) is 0.842. The van der Waals surface area contributed by atoms with Crippen LogP contribution in [-0.2, 0) is 15.8 Å². The molecule has 0 radical (unpaired) electrons. The van der Waals surface area contributed by atoms with Crippen molar-refractivity contribution in [2.45, 2.75) is 36.7 Å². The Kier molecular flexibility index (Phi) is 5.78. The number of amides is 1. The smallest absolute Gasteiger partial charge is 0.239 e. The highest BCUT2D eigenvalue weighted by Crippen LogP contribution is 2.28. The van der Waals surface area contributed by atoms with Crippen molar-refractivity contribution in [3.63, 3.8) is 0 Å². The van der Waals surface area contributed by atoms with Gasteiger partial charge in [0.2, 0.25) is 5.91 Å². The first-order valence-corrected chi connectivity index (χ1v) is 9.27. The van der Waals surface area contributed by atoms with E-state index in [1.165, 1.54) is 36.0 Å². The van der Waals surface area contributed by atoms with Gasteiger partial charge in [-0.25, -0.2) is 12.9 Å². The van der Waals surface area contributed by atoms with Gasteiger partial charge < -0.3 is 5.32 Å². The number of carbonyl (C=O) groups is 1. The molecule has 0 bridgehead atoms. The van der Waals surface area contributed by atoms with E-state index in [9.17, 15) is 13.4 Å². The molecule has 0 saturated carbocycles. The van der Waals surface area contributed by atoms with Crippen LogP contribution in [-0.4, -0.2) is 38.6 Å². The Morgan fingerprint density at radius 2 is 2.10 bits per heavy atom. The standard InChI is InChI=1S/C14H19FN2O2S2/c1-10-3-8-13(14(18)16-9-20-2)17(10)21(19)12-6-4-11(15)5-7-12/h4-7,10,13H,3,8-9H2,1-2H3,(H,16,18). The zero-order chi connectivity index (χ0) is 15.4. The maximum Gasteiger partial charge on any atom is 0.239 e. The molecule has 1 aliphatic rings. The SMILES string of the molecule is CSCNC(=O)C1CCC(C)N1S(=O)c1ccc(F)cc1. The Morgan fingerprint density at radius 1 is 1.43 bits per heavy atom. The third-order valence-corrected chi connectivity index (χ3v) is 5.61. The second-order valence-corrected chi connectivity index (χ2v) is 7.24. The molecule has 116 valence electrons. The van der Waals surface area contributed by atoms with E-state index in [2.05, 4.69) is 5.32 Å². The van der Waals surface area contributed by atoms with Crippen molar-refractivity contribution in [3.05, 3.63) is 30.1 Å². The van der Waals surface area contributed by atoms with Gasteiger partial charge in [0, 0.05) is 6.04 Å². The summed E-state index contributed by atoms with van der Waals surface area (Å²) in [5, 5.41) is 2.83. The molecule has 2 rings (SSSR count). The number of nitrogens with one attached hydrogen (secondary N) is 1. The molecule has 0 aromatic heterocycles. The van der Waals surface area contributed by atoms with E-state index < -0.39 is 17.0 Å². The number of nitrogens with zero attached hydrogens (tertiary/aromatic N) is 1. The summed E-state index contributed by atoms with van der Waals surface area (Å²) in [6.45, 7) is 1.96. The third kappa shape index (κ3) is 3.84. The number of rotatable bonds is 5. The lowest BCUT2D eigenvalue weighted by Gasteiger charge is -2.26. The predicted molar refractivity (Wildman–Crippen MR) is 83.7 cm³/mol. The fourth-order valence-corrected chi connectivity index (χ4v) is 4.18. The van der Waals surface area contributed by atoms with Crippen molar-refractivity contribution in [2.24, 2.45) is 0 Å². The van der Waals surface area contributed by atoms with Crippen molar-refractivity contribution in [1.82, 2.24) is 9.62 Å². The molecule has 3 unspecified atom stereocenters. The highest BCUT2D eigenvalue weighted by atomic mass is 32.2. The molecule has 21 heavy (non-hydrogen) atoms. The molecule has 1 saturated heterocycles. The van der Waals surface area contributed by atoms with Crippen molar-refractivity contribution < 1.29 is 13.4 Å². The highest BCUT2D eigenvalue weighted by molar-refractivity contribution is 7.98. The summed E-state index contributed by atoms with van der Waals surface area (Å²) in [7, 11) is -1.45. The number of halogens is 1. The van der Waals surface area contributed by atoms with E-state index in [1.54, 1.807) is 4.31 Å². The van der Waals surface area contributed by atoms with E-state index >= 15 is 0 Å². The van der Waals surface area contributed by atoms with E-state index in [-0.39, 0.29) is 17.8 Å². The van der Waals surface area contributed by atoms with Crippen LogP contribution in [0.2, 0.25) is 0 Å². The lowest BCUT2D eigenvalue weighted by molar-refractivity contribution is -0.123. The summed E-state index contributed by atoms with van der Waals surface area (Å²) in [5.41, 5.74) is 0. The fraction of sp³-hybridized carbons (Fsp3) is 0.500. The van der Waals surface area contributed by atoms with Gasteiger partial charge in [-0.2, -0.15) is 0 Å². The van der Waals surface area contributed by atoms with E-state index in [0.29, 0.717) is 17.2 Å². The van der Waals surface area contributed by atoms with Crippen LogP contribution < -0.4 is 5.32 Å². The van der Waals surface area contributed by atoms with Gasteiger partial charge in [0.25, 0.3) is 0 Å². The molecular weight excluding hydrogens is 311 g/mol. The fourth-order valence-electron chi connectivity index (χ4n) is 2.42. The van der Waals surface area contributed by atoms with Gasteiger partial charge in [0.1, 0.15) is 22.8 Å². The van der Waals surface area contributed by atoms with Gasteiger partial charge in [-0.15, -0.1) is 11.8 Å². The number of thioether (sulfide) groups is 1. The largest absolute Gasteiger partial charge is 0.346 e. The topological polar surface area (TPSA) is 49.4 Å². The average Bonchev–Trinajstić information content (AvgIpc) is 2.86. The molecule has 1 heterocycles. The van der Waals surface area contributed by atoms with Gasteiger partial charge in [-0.05, 0) is 50.3 Å². The zero-order valence-electron chi connectivity index (χ0n) is 12.0. The zero-order valence-corrected chi connectivity index (χ0v) is 13.7. The second-order valence-electron chi connectivity index (χ2n) is 4.98. The minimum Gasteiger partial charge on any atom is -0.346 e. The normalized spacial score (nSPS) is 24.0. The van der Waals surface area contributed by atoms with Gasteiger partial charge in [0.05, 0.1) is 10.8 Å². The molecule has 0 aliphatic carbocycles. The molecular formula is C14H19FN2O2S2. The molecule has 0 spiro atoms. The van der Waals surface area contributed by atoms with Crippen LogP contribution in [0.15, 0.2) is 29.2 Å². The summed E-state index contributed by atoms with van der Waals surface area (Å²) in [5.74, 6) is 0.0874. The summed E-state index contributed by atoms with van der Waals surface area (Å²) in [6.07, 6.45) is 3.42. The van der Waals surface area contributed by atoms with E-state index in [1.807, 2.05) is 13.2 Å². The second kappa shape index (κ2) is 7.38. The molecule has 1 aliphatic heterocycles. The third-order valence-electron chi connectivity index (χ3n) is 3.50. The van der Waals surface area contributed by atoms with E-state index in [4.69, 9.17) is 0 Å². The molecule has 7 heteroatoms. The first-order chi connectivity index (χ1) is 10.0. The summed E-state index contributed by atoms with van der Waals surface area (Å²) in [4.78, 5) is 12.7. The van der Waals surface area contributed by atoms with Gasteiger partial charge in [0.15, 0.2) is 0 Å². The molecule has 3 atom stereocenters. The average molecular weight is 330 g/mol. The van der Waals surface area contributed by atoms with Crippen LogP contribution in [0.4, 0.5) is 4.39 Å². The van der Waals surface area contributed by atoms with Gasteiger partial charge in [-0.1, -0.05) is 0 Å². The van der Waals surface area contributed by atoms with Gasteiger partial charge >= 0.3 is 0 Å². The predicted octanol–water partition coefficient (Wildman–Crippen LogP) is 2.14. The summed E-state index contributed by atoms with van der Waals surface area (Å²) in [6, 6.07) is 5.26. The van der Waals surface area contributed by atoms with Crippen molar-refractivity contribution >= 4 is 28.7 Å². The Labute approximate surface area is 131 Å². The lowest BCUT2D eigenvalue weighted by Crippen LogP contribution is -2.46. The van der Waals surface area contributed by atoms with Crippen molar-refractivity contribution in [1.29, 1.82) is 0 Å². The molecule has 1 aromatic rings. The molecule has 4 nitrogen and oxygen atoms in total. The van der Waals surface area contributed by atoms with Crippen LogP contribution in [0, 0.1) is 5.82 Å². The number of benzene rings is 1. The summed E-state index contributed by atoms with van der Waals surface area (Å²) >= 11 is 1.53. The monoisotopic (exact) mass is 330 g/mol.